The predicted molar refractivity (Wildman–Crippen MR) is 136 cm³/mol. The first-order valence-corrected chi connectivity index (χ1v) is 12.9. The molecule has 0 radical (unpaired) electrons. The summed E-state index contributed by atoms with van der Waals surface area (Å²) < 4.78 is 6.96. The van der Waals surface area contributed by atoms with Gasteiger partial charge in [-0.15, -0.1) is 10.2 Å². The van der Waals surface area contributed by atoms with Crippen LogP contribution in [0.15, 0.2) is 35.5 Å². The Balaban J connectivity index is 1.64. The van der Waals surface area contributed by atoms with E-state index in [1.54, 1.807) is 13.8 Å². The van der Waals surface area contributed by atoms with E-state index in [0.29, 0.717) is 27.7 Å². The first-order valence-electron chi connectivity index (χ1n) is 12.1. The van der Waals surface area contributed by atoms with Gasteiger partial charge in [-0.1, -0.05) is 36.4 Å². The van der Waals surface area contributed by atoms with E-state index < -0.39 is 11.2 Å². The molecular formula is C26H33N5O3S. The number of carbonyl (C=O) groups is 2. The van der Waals surface area contributed by atoms with Gasteiger partial charge in [-0.25, -0.2) is 4.79 Å². The first-order chi connectivity index (χ1) is 16.8. The summed E-state index contributed by atoms with van der Waals surface area (Å²) in [6.07, 6.45) is 3.66. The molecule has 2 aromatic heterocycles. The minimum atomic E-state index is -0.448. The number of nitrogens with zero attached hydrogens (tertiary/aromatic N) is 4. The van der Waals surface area contributed by atoms with Crippen LogP contribution < -0.4 is 0 Å². The Kier molecular flexibility index (Phi) is 7.76. The van der Waals surface area contributed by atoms with Gasteiger partial charge in [0.15, 0.2) is 16.8 Å². The number of nitrogens with one attached hydrogen (secondary N) is 1. The zero-order valence-electron chi connectivity index (χ0n) is 21.0. The van der Waals surface area contributed by atoms with Gasteiger partial charge in [0.2, 0.25) is 0 Å². The lowest BCUT2D eigenvalue weighted by molar-refractivity contribution is 0.0599. The number of piperidine rings is 1. The molecule has 0 unspecified atom stereocenters. The first kappa shape index (κ1) is 25.2. The lowest BCUT2D eigenvalue weighted by Crippen LogP contribution is -2.33. The maximum absolute atomic E-state index is 13.4. The number of likely N-dealkylation sites (tertiary alicyclic amines) is 1. The van der Waals surface area contributed by atoms with E-state index in [0.717, 1.165) is 24.6 Å². The summed E-state index contributed by atoms with van der Waals surface area (Å²) in [5.41, 5.74) is 3.04. The van der Waals surface area contributed by atoms with Crippen LogP contribution in [0.1, 0.15) is 77.1 Å². The van der Waals surface area contributed by atoms with Gasteiger partial charge in [-0.3, -0.25) is 14.3 Å². The summed E-state index contributed by atoms with van der Waals surface area (Å²) >= 11 is 1.38. The highest BCUT2D eigenvalue weighted by Gasteiger charge is 2.30. The highest BCUT2D eigenvalue weighted by atomic mass is 32.2. The third-order valence-electron chi connectivity index (χ3n) is 6.71. The Hall–Kier alpha value is -2.91. The molecule has 35 heavy (non-hydrogen) atoms. The molecular weight excluding hydrogens is 462 g/mol. The largest absolute Gasteiger partial charge is 0.465 e. The van der Waals surface area contributed by atoms with Crippen molar-refractivity contribution >= 4 is 23.5 Å². The van der Waals surface area contributed by atoms with E-state index in [1.165, 1.54) is 38.1 Å². The smallest absolute Gasteiger partial charge is 0.339 e. The van der Waals surface area contributed by atoms with Crippen molar-refractivity contribution in [1.82, 2.24) is 24.6 Å². The van der Waals surface area contributed by atoms with Crippen LogP contribution in [0, 0.1) is 13.8 Å². The lowest BCUT2D eigenvalue weighted by atomic mass is 10.1. The normalized spacial score (nSPS) is 16.1. The van der Waals surface area contributed by atoms with Crippen molar-refractivity contribution in [3.63, 3.8) is 0 Å². The molecule has 0 aliphatic carbocycles. The van der Waals surface area contributed by atoms with Crippen LogP contribution in [0.4, 0.5) is 0 Å². The van der Waals surface area contributed by atoms with Crippen LogP contribution in [-0.4, -0.2) is 61.9 Å². The Labute approximate surface area is 210 Å². The van der Waals surface area contributed by atoms with E-state index in [1.807, 2.05) is 37.3 Å². The highest BCUT2D eigenvalue weighted by Crippen LogP contribution is 2.32. The highest BCUT2D eigenvalue weighted by molar-refractivity contribution is 8.00. The lowest BCUT2D eigenvalue weighted by Gasteiger charge is -2.31. The average Bonchev–Trinajstić information content (AvgIpc) is 3.43. The molecule has 3 aromatic rings. The molecule has 0 amide bonds. The summed E-state index contributed by atoms with van der Waals surface area (Å²) in [6, 6.07) is 10.1. The summed E-state index contributed by atoms with van der Waals surface area (Å²) in [6.45, 7) is 9.68. The molecule has 0 saturated carbocycles. The maximum atomic E-state index is 13.4. The van der Waals surface area contributed by atoms with E-state index in [-0.39, 0.29) is 11.8 Å². The fraction of sp³-hybridized carbons (Fsp3) is 0.462. The number of aryl methyl sites for hydroxylation is 1. The Bertz CT molecular complexity index is 1200. The number of para-hydroxylation sites is 1. The summed E-state index contributed by atoms with van der Waals surface area (Å²) in [4.78, 5) is 31.1. The number of aromatic nitrogens is 4. The number of hydrogen-bond acceptors (Lipinski definition) is 7. The molecule has 0 spiro atoms. The van der Waals surface area contributed by atoms with E-state index in [4.69, 9.17) is 4.74 Å². The summed E-state index contributed by atoms with van der Waals surface area (Å²) in [5, 5.41) is 9.35. The third kappa shape index (κ3) is 5.06. The number of rotatable bonds is 8. The zero-order valence-corrected chi connectivity index (χ0v) is 21.8. The van der Waals surface area contributed by atoms with E-state index >= 15 is 0 Å². The second-order valence-corrected chi connectivity index (χ2v) is 10.3. The van der Waals surface area contributed by atoms with Gasteiger partial charge in [0.05, 0.1) is 29.7 Å². The van der Waals surface area contributed by atoms with Gasteiger partial charge in [-0.2, -0.15) is 0 Å². The molecule has 0 bridgehead atoms. The molecule has 1 saturated heterocycles. The number of aromatic amines is 1. The van der Waals surface area contributed by atoms with Gasteiger partial charge in [0.25, 0.3) is 0 Å². The van der Waals surface area contributed by atoms with Gasteiger partial charge < -0.3 is 9.72 Å². The van der Waals surface area contributed by atoms with Crippen molar-refractivity contribution in [2.24, 2.45) is 0 Å². The SMILES string of the molecule is COC(=O)c1c(C)[nH]c(C(=O)[C@H](C)Sc2nnc([C@H](C)N3CCCCC3)n2-c2ccccc2)c1C. The number of hydrogen-bond donors (Lipinski definition) is 1. The molecule has 1 aliphatic rings. The van der Waals surface area contributed by atoms with Gasteiger partial charge in [-0.05, 0) is 71.3 Å². The maximum Gasteiger partial charge on any atom is 0.339 e. The van der Waals surface area contributed by atoms with Crippen LogP contribution in [0.3, 0.4) is 0 Å². The number of ether oxygens (including phenoxy) is 1. The number of Topliss-reactive ketones (excluding diaryl/α,β-unsaturated/α-hetero) is 1. The molecule has 1 N–H and O–H groups in total. The second kappa shape index (κ2) is 10.8. The van der Waals surface area contributed by atoms with Crippen LogP contribution in [-0.2, 0) is 4.74 Å². The molecule has 4 rings (SSSR count). The quantitative estimate of drug-likeness (QED) is 0.270. The second-order valence-electron chi connectivity index (χ2n) is 9.03. The number of H-pyrrole nitrogens is 1. The Morgan fingerprint density at radius 3 is 2.40 bits per heavy atom. The fourth-order valence-corrected chi connectivity index (χ4v) is 5.67. The molecule has 1 fully saturated rings. The number of thioether (sulfide) groups is 1. The molecule has 1 aliphatic heterocycles. The molecule has 9 heteroatoms. The monoisotopic (exact) mass is 495 g/mol. The number of benzene rings is 1. The van der Waals surface area contributed by atoms with Crippen LogP contribution in [0.25, 0.3) is 5.69 Å². The number of methoxy groups -OCH3 is 1. The number of carbonyl (C=O) groups excluding carboxylic acids is 2. The Morgan fingerprint density at radius 1 is 1.06 bits per heavy atom. The molecule has 8 nitrogen and oxygen atoms in total. The van der Waals surface area contributed by atoms with Gasteiger partial charge in [0.1, 0.15) is 0 Å². The summed E-state index contributed by atoms with van der Waals surface area (Å²) in [7, 11) is 1.34. The third-order valence-corrected chi connectivity index (χ3v) is 7.75. The minimum Gasteiger partial charge on any atom is -0.465 e. The van der Waals surface area contributed by atoms with Crippen molar-refractivity contribution in [1.29, 1.82) is 0 Å². The van der Waals surface area contributed by atoms with E-state index in [9.17, 15) is 9.59 Å². The van der Waals surface area contributed by atoms with Crippen LogP contribution in [0.2, 0.25) is 0 Å². The summed E-state index contributed by atoms with van der Waals surface area (Å²) in [5.74, 6) is 0.329. The minimum absolute atomic E-state index is 0.0982. The predicted octanol–water partition coefficient (Wildman–Crippen LogP) is 4.91. The van der Waals surface area contributed by atoms with Crippen molar-refractivity contribution in [3.8, 4) is 5.69 Å². The van der Waals surface area contributed by atoms with Crippen LogP contribution in [0.5, 0.6) is 0 Å². The van der Waals surface area contributed by atoms with E-state index in [2.05, 4.69) is 31.6 Å². The average molecular weight is 496 g/mol. The molecule has 2 atom stereocenters. The molecule has 3 heterocycles. The number of ketones is 1. The molecule has 186 valence electrons. The van der Waals surface area contributed by atoms with Crippen LogP contribution >= 0.6 is 11.8 Å². The number of esters is 1. The molecule has 1 aromatic carbocycles. The fourth-order valence-electron chi connectivity index (χ4n) is 4.74. The van der Waals surface area contributed by atoms with Gasteiger partial charge in [0, 0.05) is 11.4 Å². The van der Waals surface area contributed by atoms with Crippen molar-refractivity contribution in [3.05, 3.63) is 58.7 Å². The Morgan fingerprint density at radius 2 is 1.74 bits per heavy atom. The van der Waals surface area contributed by atoms with Crippen molar-refractivity contribution < 1.29 is 14.3 Å². The van der Waals surface area contributed by atoms with Crippen molar-refractivity contribution in [2.45, 2.75) is 63.4 Å². The topological polar surface area (TPSA) is 93.1 Å². The van der Waals surface area contributed by atoms with Gasteiger partial charge >= 0.3 is 5.97 Å². The van der Waals surface area contributed by atoms with Crippen molar-refractivity contribution in [2.75, 3.05) is 20.2 Å². The standard InChI is InChI=1S/C26H33N5O3S/c1-16-21(25(33)34-5)17(2)27-22(16)23(32)19(4)35-26-29-28-24(18(3)30-14-10-7-11-15-30)31(26)20-12-8-6-9-13-20/h6,8-9,12-13,18-19,27H,7,10-11,14-15H2,1-5H3/t18-,19-/m0/s1. The zero-order chi connectivity index (χ0) is 25.1.